The maximum Gasteiger partial charge on any atom is 0.460 e. The van der Waals surface area contributed by atoms with Gasteiger partial charge in [-0.15, -0.1) is 0 Å². The topological polar surface area (TPSA) is 20.2 Å². The van der Waals surface area contributed by atoms with Gasteiger partial charge in [-0.1, -0.05) is 0 Å². The molecule has 0 spiro atoms. The van der Waals surface area contributed by atoms with Gasteiger partial charge in [0.1, 0.15) is 6.10 Å². The molecule has 1 unspecified atom stereocenters. The summed E-state index contributed by atoms with van der Waals surface area (Å²) in [6.07, 6.45) is -11.5. The van der Waals surface area contributed by atoms with Crippen molar-refractivity contribution in [3.63, 3.8) is 0 Å². The van der Waals surface area contributed by atoms with Crippen molar-refractivity contribution in [2.75, 3.05) is 0 Å². The Morgan fingerprint density at radius 2 is 0.818 bits per heavy atom. The molecule has 0 aromatic heterocycles. The lowest BCUT2D eigenvalue weighted by Gasteiger charge is -2.40. The van der Waals surface area contributed by atoms with Gasteiger partial charge in [-0.2, -0.15) is 57.1 Å². The molecule has 0 aliphatic rings. The van der Waals surface area contributed by atoms with Gasteiger partial charge in [-0.3, -0.25) is 0 Å². The summed E-state index contributed by atoms with van der Waals surface area (Å²) in [6, 6.07) is 0. The van der Waals surface area contributed by atoms with Gasteiger partial charge < -0.3 is 5.11 Å². The Morgan fingerprint density at radius 1 is 0.545 bits per heavy atom. The zero-order valence-electron chi connectivity index (χ0n) is 9.65. The van der Waals surface area contributed by atoms with Crippen LogP contribution in [0, 0.1) is 6.92 Å². The smallest absolute Gasteiger partial charge is 0.387 e. The summed E-state index contributed by atoms with van der Waals surface area (Å²) in [4.78, 5) is 0. The molecule has 0 heterocycles. The van der Waals surface area contributed by atoms with Crippen molar-refractivity contribution >= 4 is 0 Å². The maximum atomic E-state index is 12.8. The lowest BCUT2D eigenvalue weighted by molar-refractivity contribution is -0.443. The van der Waals surface area contributed by atoms with Crippen LogP contribution in [0.2, 0.25) is 0 Å². The predicted molar refractivity (Wildman–Crippen MR) is 42.2 cm³/mol. The van der Waals surface area contributed by atoms with Crippen molar-refractivity contribution in [2.24, 2.45) is 0 Å². The van der Waals surface area contributed by atoms with Crippen LogP contribution < -0.4 is 0 Å². The van der Waals surface area contributed by atoms with E-state index in [1.54, 1.807) is 6.92 Å². The molecule has 0 aromatic carbocycles. The first-order valence-electron chi connectivity index (χ1n) is 4.66. The van der Waals surface area contributed by atoms with Crippen LogP contribution in [-0.4, -0.2) is 47.0 Å². The number of aliphatic hydroxyl groups is 1. The van der Waals surface area contributed by atoms with Gasteiger partial charge in [-0.05, 0) is 6.92 Å². The summed E-state index contributed by atoms with van der Waals surface area (Å²) in [5, 5.41) is 8.08. The summed E-state index contributed by atoms with van der Waals surface area (Å²) < 4.78 is 161. The lowest BCUT2D eigenvalue weighted by atomic mass is 9.92. The minimum atomic E-state index is -7.96. The Bertz CT molecular complexity index is 407. The molecular weight excluding hydrogens is 359 g/mol. The zero-order chi connectivity index (χ0) is 18.6. The van der Waals surface area contributed by atoms with Crippen molar-refractivity contribution in [2.45, 2.75) is 41.9 Å². The third-order valence-electron chi connectivity index (χ3n) is 2.38. The number of halogens is 13. The molecule has 22 heavy (non-hydrogen) atoms. The van der Waals surface area contributed by atoms with E-state index in [-0.39, 0.29) is 0 Å². The summed E-state index contributed by atoms with van der Waals surface area (Å²) in [6.45, 7) is 1.72. The number of hydrogen-bond acceptors (Lipinski definition) is 1. The molecule has 0 saturated heterocycles. The quantitative estimate of drug-likeness (QED) is 0.735. The largest absolute Gasteiger partial charge is 0.460 e. The second kappa shape index (κ2) is 5.03. The minimum absolute atomic E-state index is 1.72. The number of rotatable bonds is 5. The molecule has 0 fully saturated rings. The highest BCUT2D eigenvalue weighted by Crippen LogP contribution is 2.60. The van der Waals surface area contributed by atoms with Crippen molar-refractivity contribution in [1.82, 2.24) is 0 Å². The molecule has 1 radical (unpaired) electrons. The molecule has 0 aliphatic heterocycles. The van der Waals surface area contributed by atoms with Crippen molar-refractivity contribution < 1.29 is 62.2 Å². The Kier molecular flexibility index (Phi) is 4.81. The molecule has 1 nitrogen and oxygen atoms in total. The Hall–Kier alpha value is -0.950. The van der Waals surface area contributed by atoms with Crippen molar-refractivity contribution in [3.05, 3.63) is 6.92 Å². The van der Waals surface area contributed by atoms with E-state index in [9.17, 15) is 57.1 Å². The summed E-state index contributed by atoms with van der Waals surface area (Å²) in [5.41, 5.74) is 0. The number of aliphatic hydroxyl groups excluding tert-OH is 1. The monoisotopic (exact) mass is 363 g/mol. The SMILES string of the molecule is [CH2]C(O)C(F)(F)C(F)(F)C(F)(F)C(F)(F)C(F)(F)C(F)(F)F. The fourth-order valence-corrected chi connectivity index (χ4v) is 0.991. The average molecular weight is 363 g/mol. The van der Waals surface area contributed by atoms with E-state index < -0.39 is 41.9 Å². The maximum absolute atomic E-state index is 12.8. The first-order chi connectivity index (χ1) is 9.19. The molecule has 133 valence electrons. The van der Waals surface area contributed by atoms with Crippen LogP contribution in [0.25, 0.3) is 0 Å². The highest BCUT2D eigenvalue weighted by Gasteiger charge is 2.91. The summed E-state index contributed by atoms with van der Waals surface area (Å²) in [5.74, 6) is -37.6. The fourth-order valence-electron chi connectivity index (χ4n) is 0.991. The molecule has 0 aromatic rings. The van der Waals surface area contributed by atoms with E-state index in [4.69, 9.17) is 5.11 Å². The second-order valence-corrected chi connectivity index (χ2v) is 3.93. The molecule has 0 rings (SSSR count). The summed E-state index contributed by atoms with van der Waals surface area (Å²) in [7, 11) is 0. The third kappa shape index (κ3) is 2.48. The Morgan fingerprint density at radius 3 is 1.05 bits per heavy atom. The van der Waals surface area contributed by atoms with Crippen molar-refractivity contribution in [3.8, 4) is 0 Å². The fraction of sp³-hybridized carbons (Fsp3) is 0.875. The van der Waals surface area contributed by atoms with Gasteiger partial charge in [0.15, 0.2) is 0 Å². The Labute approximate surface area is 112 Å². The molecule has 1 atom stereocenters. The van der Waals surface area contributed by atoms with E-state index >= 15 is 0 Å². The van der Waals surface area contributed by atoms with E-state index in [1.807, 2.05) is 0 Å². The highest BCUT2D eigenvalue weighted by atomic mass is 19.4. The zero-order valence-corrected chi connectivity index (χ0v) is 9.65. The van der Waals surface area contributed by atoms with E-state index in [0.29, 0.717) is 0 Å². The van der Waals surface area contributed by atoms with Crippen LogP contribution in [0.4, 0.5) is 57.1 Å². The predicted octanol–water partition coefficient (Wildman–Crippen LogP) is 3.92. The van der Waals surface area contributed by atoms with Crippen LogP contribution in [0.5, 0.6) is 0 Å². The molecular formula is C8H4F13O. The van der Waals surface area contributed by atoms with Crippen LogP contribution in [-0.2, 0) is 0 Å². The molecule has 1 N–H and O–H groups in total. The standard InChI is InChI=1S/C8H4F13O/c1-2(22)3(9,10)4(11,12)5(13,14)6(15,16)7(17,18)8(19,20)21/h2,22H,1H2. The first-order valence-corrected chi connectivity index (χ1v) is 4.66. The first kappa shape index (κ1) is 21.0. The summed E-state index contributed by atoms with van der Waals surface area (Å²) >= 11 is 0. The van der Waals surface area contributed by atoms with Gasteiger partial charge in [0, 0.05) is 0 Å². The van der Waals surface area contributed by atoms with Gasteiger partial charge >= 0.3 is 35.8 Å². The molecule has 0 saturated carbocycles. The highest BCUT2D eigenvalue weighted by molar-refractivity contribution is 5.11. The minimum Gasteiger partial charge on any atom is -0.387 e. The molecule has 0 bridgehead atoms. The van der Waals surface area contributed by atoms with Gasteiger partial charge in [0.05, 0.1) is 0 Å². The molecule has 0 amide bonds. The normalized spacial score (nSPS) is 17.6. The molecule has 14 heteroatoms. The number of hydrogen-bond donors (Lipinski definition) is 1. The number of alkyl halides is 13. The van der Waals surface area contributed by atoms with Gasteiger partial charge in [-0.25, -0.2) is 0 Å². The second-order valence-electron chi connectivity index (χ2n) is 3.93. The van der Waals surface area contributed by atoms with Crippen LogP contribution in [0.1, 0.15) is 0 Å². The van der Waals surface area contributed by atoms with Crippen molar-refractivity contribution in [1.29, 1.82) is 0 Å². The van der Waals surface area contributed by atoms with Crippen LogP contribution >= 0.6 is 0 Å². The Balaban J connectivity index is 6.24. The van der Waals surface area contributed by atoms with Crippen LogP contribution in [0.15, 0.2) is 0 Å². The van der Waals surface area contributed by atoms with E-state index in [2.05, 4.69) is 0 Å². The van der Waals surface area contributed by atoms with Gasteiger partial charge in [0.25, 0.3) is 0 Å². The van der Waals surface area contributed by atoms with E-state index in [0.717, 1.165) is 0 Å². The van der Waals surface area contributed by atoms with Gasteiger partial charge in [0.2, 0.25) is 0 Å². The average Bonchev–Trinajstić information content (AvgIpc) is 2.25. The molecule has 0 aliphatic carbocycles. The van der Waals surface area contributed by atoms with E-state index in [1.165, 1.54) is 0 Å². The third-order valence-corrected chi connectivity index (χ3v) is 2.38. The lowest BCUT2D eigenvalue weighted by Crippen LogP contribution is -2.71. The van der Waals surface area contributed by atoms with Crippen LogP contribution in [0.3, 0.4) is 0 Å².